The van der Waals surface area contributed by atoms with Crippen LogP contribution in [0.15, 0.2) is 36.2 Å². The predicted octanol–water partition coefficient (Wildman–Crippen LogP) is 3.96. The van der Waals surface area contributed by atoms with E-state index in [2.05, 4.69) is 25.4 Å². The van der Waals surface area contributed by atoms with E-state index in [0.29, 0.717) is 21.7 Å². The van der Waals surface area contributed by atoms with E-state index in [1.54, 1.807) is 35.6 Å². The minimum atomic E-state index is -0.652. The fraction of sp³-hybridized carbons (Fsp3) is 0.118. The molecule has 8 nitrogen and oxygen atoms in total. The van der Waals surface area contributed by atoms with Gasteiger partial charge in [-0.2, -0.15) is 0 Å². The average molecular weight is 401 g/mol. The van der Waals surface area contributed by atoms with Crippen LogP contribution in [0.25, 0.3) is 21.7 Å². The Morgan fingerprint density at radius 1 is 1.30 bits per heavy atom. The first-order valence-electron chi connectivity index (χ1n) is 7.87. The summed E-state index contributed by atoms with van der Waals surface area (Å²) in [5.74, 6) is 0.686. The first-order chi connectivity index (χ1) is 13.0. The van der Waals surface area contributed by atoms with Gasteiger partial charge >= 0.3 is 6.09 Å². The van der Waals surface area contributed by atoms with Crippen LogP contribution in [0.5, 0.6) is 5.75 Å². The van der Waals surface area contributed by atoms with Crippen molar-refractivity contribution in [1.82, 2.24) is 24.6 Å². The maximum atomic E-state index is 12.3. The number of fused-ring (bicyclic) bond motifs is 1. The number of aromatic nitrogens is 5. The summed E-state index contributed by atoms with van der Waals surface area (Å²) in [4.78, 5) is 29.0. The van der Waals surface area contributed by atoms with Crippen molar-refractivity contribution in [3.8, 4) is 16.6 Å². The fourth-order valence-corrected chi connectivity index (χ4v) is 3.45. The molecule has 0 saturated heterocycles. The highest BCUT2D eigenvalue weighted by Gasteiger charge is 2.14. The van der Waals surface area contributed by atoms with E-state index in [0.717, 1.165) is 16.5 Å². The van der Waals surface area contributed by atoms with Gasteiger partial charge in [0.05, 0.1) is 17.4 Å². The van der Waals surface area contributed by atoms with Gasteiger partial charge in [0.1, 0.15) is 5.15 Å². The molecule has 0 bridgehead atoms. The van der Waals surface area contributed by atoms with E-state index in [1.165, 1.54) is 17.5 Å². The summed E-state index contributed by atoms with van der Waals surface area (Å²) in [6, 6.07) is 1.81. The summed E-state index contributed by atoms with van der Waals surface area (Å²) in [5.41, 5.74) is 5.00. The van der Waals surface area contributed by atoms with Crippen LogP contribution in [0.1, 0.15) is 11.3 Å². The molecule has 27 heavy (non-hydrogen) atoms. The van der Waals surface area contributed by atoms with Gasteiger partial charge in [-0.05, 0) is 25.5 Å². The van der Waals surface area contributed by atoms with Gasteiger partial charge in [0.15, 0.2) is 16.6 Å². The van der Waals surface area contributed by atoms with Gasteiger partial charge in [-0.15, -0.1) is 11.3 Å². The molecule has 4 heterocycles. The number of aryl methyl sites for hydroxylation is 2. The Labute approximate surface area is 162 Å². The highest BCUT2D eigenvalue weighted by atomic mass is 35.5. The van der Waals surface area contributed by atoms with Crippen LogP contribution in [0.2, 0.25) is 5.15 Å². The zero-order valence-electron chi connectivity index (χ0n) is 14.3. The number of carbonyl (C=O) groups is 1. The molecule has 0 spiro atoms. The van der Waals surface area contributed by atoms with Crippen molar-refractivity contribution in [2.75, 3.05) is 5.43 Å². The zero-order chi connectivity index (χ0) is 19.0. The summed E-state index contributed by atoms with van der Waals surface area (Å²) >= 11 is 7.17. The van der Waals surface area contributed by atoms with Gasteiger partial charge in [-0.3, -0.25) is 9.66 Å². The molecule has 0 aliphatic rings. The number of amides is 1. The third-order valence-electron chi connectivity index (χ3n) is 3.82. The number of carbonyl (C=O) groups excluding carboxylic acids is 1. The standard InChI is InChI=1S/C17H13ClN6O2S/c1-9-7-24(12-3-4-19-5-11(9)12)23-17(25)26-13-6-20-15(21-10(13)2)16-22-14(18)8-27-16/h3-8H,1-2H3,(H,23,25). The Morgan fingerprint density at radius 2 is 2.15 bits per heavy atom. The second kappa shape index (κ2) is 6.93. The maximum absolute atomic E-state index is 12.3. The van der Waals surface area contributed by atoms with Crippen molar-refractivity contribution < 1.29 is 9.53 Å². The highest BCUT2D eigenvalue weighted by molar-refractivity contribution is 7.13. The minimum Gasteiger partial charge on any atom is -0.406 e. The van der Waals surface area contributed by atoms with E-state index in [4.69, 9.17) is 16.3 Å². The van der Waals surface area contributed by atoms with E-state index < -0.39 is 6.09 Å². The van der Waals surface area contributed by atoms with Crippen molar-refractivity contribution >= 4 is 39.9 Å². The Hall–Kier alpha value is -3.04. The molecule has 4 rings (SSSR count). The number of hydrogen-bond acceptors (Lipinski definition) is 7. The van der Waals surface area contributed by atoms with Crippen molar-refractivity contribution in [3.05, 3.63) is 52.6 Å². The quantitative estimate of drug-likeness (QED) is 0.559. The molecule has 0 aromatic carbocycles. The summed E-state index contributed by atoms with van der Waals surface area (Å²) in [6.07, 6.45) is 5.99. The van der Waals surface area contributed by atoms with Crippen LogP contribution >= 0.6 is 22.9 Å². The largest absolute Gasteiger partial charge is 0.432 e. The molecule has 10 heteroatoms. The van der Waals surface area contributed by atoms with Crippen LogP contribution in [0, 0.1) is 13.8 Å². The van der Waals surface area contributed by atoms with Crippen LogP contribution in [-0.2, 0) is 0 Å². The molecule has 136 valence electrons. The van der Waals surface area contributed by atoms with Gasteiger partial charge in [-0.1, -0.05) is 11.6 Å². The summed E-state index contributed by atoms with van der Waals surface area (Å²) < 4.78 is 6.94. The molecule has 0 aliphatic heterocycles. The monoisotopic (exact) mass is 400 g/mol. The van der Waals surface area contributed by atoms with Crippen molar-refractivity contribution in [1.29, 1.82) is 0 Å². The number of halogens is 1. The third-order valence-corrected chi connectivity index (χ3v) is 4.98. The Bertz CT molecular complexity index is 1160. The number of rotatable bonds is 3. The van der Waals surface area contributed by atoms with Crippen LogP contribution in [-0.4, -0.2) is 30.7 Å². The molecular formula is C17H13ClN6O2S. The van der Waals surface area contributed by atoms with Gasteiger partial charge in [0.2, 0.25) is 0 Å². The molecule has 0 saturated carbocycles. The molecule has 0 aliphatic carbocycles. The Morgan fingerprint density at radius 3 is 2.89 bits per heavy atom. The number of nitrogens with one attached hydrogen (secondary N) is 1. The van der Waals surface area contributed by atoms with E-state index in [9.17, 15) is 4.79 Å². The van der Waals surface area contributed by atoms with Gasteiger partial charge < -0.3 is 4.74 Å². The van der Waals surface area contributed by atoms with Crippen LogP contribution in [0.4, 0.5) is 4.79 Å². The van der Waals surface area contributed by atoms with E-state index in [-0.39, 0.29) is 5.75 Å². The summed E-state index contributed by atoms with van der Waals surface area (Å²) in [7, 11) is 0. The van der Waals surface area contributed by atoms with E-state index >= 15 is 0 Å². The summed E-state index contributed by atoms with van der Waals surface area (Å²) in [6.45, 7) is 3.67. The lowest BCUT2D eigenvalue weighted by molar-refractivity contribution is 0.211. The molecular weight excluding hydrogens is 388 g/mol. The first-order valence-corrected chi connectivity index (χ1v) is 9.12. The number of thiazole rings is 1. The number of pyridine rings is 1. The predicted molar refractivity (Wildman–Crippen MR) is 103 cm³/mol. The lowest BCUT2D eigenvalue weighted by Gasteiger charge is -2.10. The Kier molecular flexibility index (Phi) is 4.46. The van der Waals surface area contributed by atoms with Gasteiger partial charge in [0, 0.05) is 29.4 Å². The second-order valence-corrected chi connectivity index (χ2v) is 6.94. The van der Waals surface area contributed by atoms with Crippen molar-refractivity contribution in [2.45, 2.75) is 13.8 Å². The van der Waals surface area contributed by atoms with Crippen LogP contribution < -0.4 is 10.2 Å². The molecule has 1 amide bonds. The van der Waals surface area contributed by atoms with Crippen LogP contribution in [0.3, 0.4) is 0 Å². The topological polar surface area (TPSA) is 94.8 Å². The number of nitrogens with zero attached hydrogens (tertiary/aromatic N) is 5. The molecule has 1 N–H and O–H groups in total. The number of hydrogen-bond donors (Lipinski definition) is 1. The molecule has 0 atom stereocenters. The highest BCUT2D eigenvalue weighted by Crippen LogP contribution is 2.25. The smallest absolute Gasteiger partial charge is 0.406 e. The first kappa shape index (κ1) is 17.4. The minimum absolute atomic E-state index is 0.258. The molecule has 0 unspecified atom stereocenters. The van der Waals surface area contributed by atoms with E-state index in [1.807, 2.05) is 13.0 Å². The normalized spacial score (nSPS) is 10.9. The summed E-state index contributed by atoms with van der Waals surface area (Å²) in [5, 5.41) is 3.64. The lowest BCUT2D eigenvalue weighted by Crippen LogP contribution is -2.25. The second-order valence-electron chi connectivity index (χ2n) is 5.69. The maximum Gasteiger partial charge on any atom is 0.432 e. The zero-order valence-corrected chi connectivity index (χ0v) is 15.9. The average Bonchev–Trinajstić information content (AvgIpc) is 3.21. The van der Waals surface area contributed by atoms with Gasteiger partial charge in [-0.25, -0.2) is 25.2 Å². The lowest BCUT2D eigenvalue weighted by atomic mass is 10.2. The van der Waals surface area contributed by atoms with Gasteiger partial charge in [0.25, 0.3) is 0 Å². The number of ether oxygens (including phenoxy) is 1. The molecule has 0 fully saturated rings. The van der Waals surface area contributed by atoms with Crippen molar-refractivity contribution in [3.63, 3.8) is 0 Å². The SMILES string of the molecule is Cc1nc(-c2nc(Cl)cs2)ncc1OC(=O)Nn1cc(C)c2cnccc21. The third kappa shape index (κ3) is 3.46. The Balaban J connectivity index is 1.52. The van der Waals surface area contributed by atoms with Crippen molar-refractivity contribution in [2.24, 2.45) is 0 Å². The molecule has 4 aromatic heterocycles. The fourth-order valence-electron chi connectivity index (χ4n) is 2.56. The molecule has 0 radical (unpaired) electrons. The molecule has 4 aromatic rings.